The Morgan fingerprint density at radius 1 is 1.23 bits per heavy atom. The highest BCUT2D eigenvalue weighted by Gasteiger charge is 2.30. The number of pyridine rings is 1. The zero-order chi connectivity index (χ0) is 18.5. The Morgan fingerprint density at radius 2 is 2.00 bits per heavy atom. The van der Waals surface area contributed by atoms with Crippen LogP contribution in [0.2, 0.25) is 0 Å². The number of hydrogen-bond donors (Lipinski definition) is 1. The molecule has 1 aromatic heterocycles. The van der Waals surface area contributed by atoms with Crippen LogP contribution in [-0.4, -0.2) is 36.1 Å². The number of aromatic nitrogens is 1. The smallest absolute Gasteiger partial charge is 0.307 e. The summed E-state index contributed by atoms with van der Waals surface area (Å²) < 4.78 is 10.9. The quantitative estimate of drug-likeness (QED) is 0.648. The zero-order valence-electron chi connectivity index (χ0n) is 15.6. The Bertz CT molecular complexity index is 653. The molecule has 1 N–H and O–H groups in total. The third-order valence-electron chi connectivity index (χ3n) is 4.84. The second kappa shape index (κ2) is 8.52. The van der Waals surface area contributed by atoms with Crippen molar-refractivity contribution < 1.29 is 19.1 Å². The number of ether oxygens (including phenoxy) is 2. The van der Waals surface area contributed by atoms with Crippen LogP contribution in [0.1, 0.15) is 74.3 Å². The van der Waals surface area contributed by atoms with Crippen molar-refractivity contribution in [3.8, 4) is 5.88 Å². The molecule has 0 aromatic carbocycles. The van der Waals surface area contributed by atoms with Crippen molar-refractivity contribution in [3.63, 3.8) is 0 Å². The van der Waals surface area contributed by atoms with Crippen LogP contribution in [0, 0.1) is 5.92 Å². The van der Waals surface area contributed by atoms with Gasteiger partial charge in [0.05, 0.1) is 19.6 Å². The van der Waals surface area contributed by atoms with Crippen molar-refractivity contribution in [1.82, 2.24) is 10.3 Å². The van der Waals surface area contributed by atoms with Crippen LogP contribution in [0.25, 0.3) is 0 Å². The van der Waals surface area contributed by atoms with Gasteiger partial charge in [0.15, 0.2) is 0 Å². The van der Waals surface area contributed by atoms with Crippen molar-refractivity contribution in [2.45, 2.75) is 64.3 Å². The van der Waals surface area contributed by atoms with Gasteiger partial charge in [0.25, 0.3) is 5.91 Å². The number of rotatable bonds is 10. The SMILES string of the molecule is CCOC(=O)CC(CC)NC(=O)c1ccc(C2CC2)c(OCC2CC2)n1. The lowest BCUT2D eigenvalue weighted by atomic mass is 10.1. The summed E-state index contributed by atoms with van der Waals surface area (Å²) in [7, 11) is 0. The minimum atomic E-state index is -0.301. The van der Waals surface area contributed by atoms with Gasteiger partial charge >= 0.3 is 5.97 Å². The van der Waals surface area contributed by atoms with Gasteiger partial charge in [0.1, 0.15) is 5.69 Å². The summed E-state index contributed by atoms with van der Waals surface area (Å²) in [6.07, 6.45) is 5.56. The van der Waals surface area contributed by atoms with E-state index in [9.17, 15) is 9.59 Å². The monoisotopic (exact) mass is 360 g/mol. The third kappa shape index (κ3) is 5.19. The van der Waals surface area contributed by atoms with Crippen molar-refractivity contribution in [2.24, 2.45) is 5.92 Å². The standard InChI is InChI=1S/C20H28N2O4/c1-3-15(11-18(23)25-4-2)21-19(24)17-10-9-16(14-7-8-14)20(22-17)26-12-13-5-6-13/h9-10,13-15H,3-8,11-12H2,1-2H3,(H,21,24). The molecule has 1 heterocycles. The molecule has 26 heavy (non-hydrogen) atoms. The minimum Gasteiger partial charge on any atom is -0.477 e. The largest absolute Gasteiger partial charge is 0.477 e. The van der Waals surface area contributed by atoms with Crippen molar-refractivity contribution >= 4 is 11.9 Å². The Morgan fingerprint density at radius 3 is 2.62 bits per heavy atom. The molecule has 0 aliphatic heterocycles. The van der Waals surface area contributed by atoms with Crippen molar-refractivity contribution in [1.29, 1.82) is 0 Å². The fourth-order valence-corrected chi connectivity index (χ4v) is 2.86. The van der Waals surface area contributed by atoms with Gasteiger partial charge in [-0.1, -0.05) is 13.0 Å². The van der Waals surface area contributed by atoms with E-state index in [2.05, 4.69) is 10.3 Å². The molecule has 0 bridgehead atoms. The Kier molecular flexibility index (Phi) is 6.12. The van der Waals surface area contributed by atoms with Crippen LogP contribution in [0.15, 0.2) is 12.1 Å². The molecule has 1 unspecified atom stereocenters. The molecular weight excluding hydrogens is 332 g/mol. The maximum atomic E-state index is 12.6. The van der Waals surface area contributed by atoms with E-state index in [0.717, 1.165) is 18.4 Å². The van der Waals surface area contributed by atoms with Crippen LogP contribution < -0.4 is 10.1 Å². The molecule has 6 heteroatoms. The molecule has 3 rings (SSSR count). The molecule has 2 fully saturated rings. The highest BCUT2D eigenvalue weighted by Crippen LogP contribution is 2.44. The lowest BCUT2D eigenvalue weighted by Crippen LogP contribution is -2.36. The van der Waals surface area contributed by atoms with Gasteiger partial charge < -0.3 is 14.8 Å². The van der Waals surface area contributed by atoms with E-state index in [1.165, 1.54) is 12.8 Å². The molecule has 0 radical (unpaired) electrons. The summed E-state index contributed by atoms with van der Waals surface area (Å²) in [6, 6.07) is 3.46. The van der Waals surface area contributed by atoms with Crippen LogP contribution in [-0.2, 0) is 9.53 Å². The average molecular weight is 360 g/mol. The molecular formula is C20H28N2O4. The van der Waals surface area contributed by atoms with E-state index < -0.39 is 0 Å². The second-order valence-electron chi connectivity index (χ2n) is 7.21. The third-order valence-corrected chi connectivity index (χ3v) is 4.84. The lowest BCUT2D eigenvalue weighted by molar-refractivity contribution is -0.143. The lowest BCUT2D eigenvalue weighted by Gasteiger charge is -2.17. The summed E-state index contributed by atoms with van der Waals surface area (Å²) in [6.45, 7) is 4.72. The van der Waals surface area contributed by atoms with E-state index in [0.29, 0.717) is 43.0 Å². The normalized spacial score (nSPS) is 17.5. The number of esters is 1. The fraction of sp³-hybridized carbons (Fsp3) is 0.650. The van der Waals surface area contributed by atoms with Crippen LogP contribution >= 0.6 is 0 Å². The molecule has 0 saturated heterocycles. The summed E-state index contributed by atoms with van der Waals surface area (Å²) in [5, 5.41) is 2.88. The van der Waals surface area contributed by atoms with Crippen molar-refractivity contribution in [2.75, 3.05) is 13.2 Å². The van der Waals surface area contributed by atoms with Gasteiger partial charge in [-0.15, -0.1) is 0 Å². The van der Waals surface area contributed by atoms with Crippen LogP contribution in [0.4, 0.5) is 0 Å². The second-order valence-corrected chi connectivity index (χ2v) is 7.21. The maximum Gasteiger partial charge on any atom is 0.307 e. The first-order valence-electron chi connectivity index (χ1n) is 9.70. The van der Waals surface area contributed by atoms with E-state index in [1.54, 1.807) is 13.0 Å². The number of hydrogen-bond acceptors (Lipinski definition) is 5. The van der Waals surface area contributed by atoms with Crippen LogP contribution in [0.3, 0.4) is 0 Å². The number of carbonyl (C=O) groups is 2. The Hall–Kier alpha value is -2.11. The Balaban J connectivity index is 1.65. The highest BCUT2D eigenvalue weighted by atomic mass is 16.5. The molecule has 142 valence electrons. The highest BCUT2D eigenvalue weighted by molar-refractivity contribution is 5.93. The molecule has 1 amide bonds. The van der Waals surface area contributed by atoms with Crippen molar-refractivity contribution in [3.05, 3.63) is 23.4 Å². The predicted octanol–water partition coefficient (Wildman–Crippen LogP) is 3.21. The molecule has 2 saturated carbocycles. The van der Waals surface area contributed by atoms with E-state index in [4.69, 9.17) is 9.47 Å². The molecule has 2 aliphatic rings. The van der Waals surface area contributed by atoms with Gasteiger partial charge in [-0.2, -0.15) is 0 Å². The van der Waals surface area contributed by atoms with Gasteiger partial charge in [0.2, 0.25) is 5.88 Å². The first-order valence-corrected chi connectivity index (χ1v) is 9.70. The molecule has 1 aromatic rings. The van der Waals surface area contributed by atoms with Crippen LogP contribution in [0.5, 0.6) is 5.88 Å². The minimum absolute atomic E-state index is 0.168. The average Bonchev–Trinajstić information content (AvgIpc) is 3.53. The van der Waals surface area contributed by atoms with Gasteiger partial charge in [0, 0.05) is 11.6 Å². The topological polar surface area (TPSA) is 77.5 Å². The molecule has 1 atom stereocenters. The number of nitrogens with zero attached hydrogens (tertiary/aromatic N) is 1. The molecule has 2 aliphatic carbocycles. The maximum absolute atomic E-state index is 12.6. The molecule has 0 spiro atoms. The summed E-state index contributed by atoms with van der Waals surface area (Å²) >= 11 is 0. The summed E-state index contributed by atoms with van der Waals surface area (Å²) in [5.74, 6) is 1.17. The van der Waals surface area contributed by atoms with E-state index >= 15 is 0 Å². The number of amides is 1. The number of carbonyl (C=O) groups excluding carboxylic acids is 2. The van der Waals surface area contributed by atoms with E-state index in [-0.39, 0.29) is 24.3 Å². The summed E-state index contributed by atoms with van der Waals surface area (Å²) in [5.41, 5.74) is 1.45. The summed E-state index contributed by atoms with van der Waals surface area (Å²) in [4.78, 5) is 28.7. The number of nitrogens with one attached hydrogen (secondary N) is 1. The van der Waals surface area contributed by atoms with Gasteiger partial charge in [-0.05, 0) is 56.9 Å². The van der Waals surface area contributed by atoms with E-state index in [1.807, 2.05) is 13.0 Å². The fourth-order valence-electron chi connectivity index (χ4n) is 2.86. The first kappa shape index (κ1) is 18.7. The van der Waals surface area contributed by atoms with Gasteiger partial charge in [-0.25, -0.2) is 4.98 Å². The predicted molar refractivity (Wildman–Crippen MR) is 97.2 cm³/mol. The first-order chi connectivity index (χ1) is 12.6. The zero-order valence-corrected chi connectivity index (χ0v) is 15.6. The van der Waals surface area contributed by atoms with Gasteiger partial charge in [-0.3, -0.25) is 9.59 Å². The molecule has 6 nitrogen and oxygen atoms in total. The Labute approximate surface area is 154 Å².